The maximum absolute atomic E-state index is 12.8. The smallest absolute Gasteiger partial charge is 0.256 e. The van der Waals surface area contributed by atoms with E-state index in [4.69, 9.17) is 16.6 Å². The molecule has 4 rings (SSSR count). The molecule has 2 aromatic carbocycles. The first-order valence-electron chi connectivity index (χ1n) is 12.8. The third-order valence-electron chi connectivity index (χ3n) is 6.99. The van der Waals surface area contributed by atoms with Crippen molar-refractivity contribution in [2.45, 2.75) is 63.5 Å². The summed E-state index contributed by atoms with van der Waals surface area (Å²) in [5.74, 6) is 0.0327. The quantitative estimate of drug-likeness (QED) is 0.428. The van der Waals surface area contributed by atoms with Gasteiger partial charge in [-0.25, -0.2) is 0 Å². The molecule has 0 bridgehead atoms. The van der Waals surface area contributed by atoms with Crippen LogP contribution in [0.4, 0.5) is 5.69 Å². The number of carbonyl (C=O) groups excluding carboxylic acids is 2. The average Bonchev–Trinajstić information content (AvgIpc) is 2.99. The summed E-state index contributed by atoms with van der Waals surface area (Å²) in [5.41, 5.74) is 4.29. The van der Waals surface area contributed by atoms with E-state index in [0.29, 0.717) is 18.5 Å². The lowest BCUT2D eigenvalue weighted by Crippen LogP contribution is -2.41. The third kappa shape index (κ3) is 5.88. The zero-order chi connectivity index (χ0) is 25.7. The molecule has 0 saturated carbocycles. The minimum Gasteiger partial charge on any atom is -0.350 e. The number of hydrogen-bond donors (Lipinski definition) is 3. The van der Waals surface area contributed by atoms with Gasteiger partial charge >= 0.3 is 0 Å². The van der Waals surface area contributed by atoms with Gasteiger partial charge in [0, 0.05) is 29.8 Å². The van der Waals surface area contributed by atoms with Crippen LogP contribution in [0.25, 0.3) is 0 Å². The van der Waals surface area contributed by atoms with E-state index in [1.807, 2.05) is 74.5 Å². The molecule has 0 fully saturated rings. The molecule has 6 nitrogen and oxygen atoms in total. The summed E-state index contributed by atoms with van der Waals surface area (Å²) in [5, 5.41) is 9.52. The van der Waals surface area contributed by atoms with E-state index in [2.05, 4.69) is 22.9 Å². The van der Waals surface area contributed by atoms with E-state index < -0.39 is 0 Å². The number of para-hydroxylation sites is 1. The summed E-state index contributed by atoms with van der Waals surface area (Å²) in [7, 11) is 0. The number of nitrogens with zero attached hydrogens (tertiary/aromatic N) is 1. The van der Waals surface area contributed by atoms with Crippen molar-refractivity contribution >= 4 is 34.8 Å². The minimum absolute atomic E-state index is 0.0344. The van der Waals surface area contributed by atoms with Crippen molar-refractivity contribution in [3.05, 3.63) is 77.4 Å². The van der Waals surface area contributed by atoms with Gasteiger partial charge in [0.15, 0.2) is 0 Å². The van der Waals surface area contributed by atoms with Gasteiger partial charge in [0.05, 0.1) is 23.2 Å². The SMILES string of the molecule is CCC(CC)C(=O)NC1C=CC(=NC(C)CNC2c3ccccc3NC(=O)c3ccccc32)C(Cl)C1. The maximum Gasteiger partial charge on any atom is 0.256 e. The van der Waals surface area contributed by atoms with Crippen molar-refractivity contribution in [2.75, 3.05) is 11.9 Å². The molecule has 0 aromatic heterocycles. The van der Waals surface area contributed by atoms with Crippen LogP contribution in [0.3, 0.4) is 0 Å². The van der Waals surface area contributed by atoms with Crippen LogP contribution in [0, 0.1) is 5.92 Å². The fourth-order valence-electron chi connectivity index (χ4n) is 4.92. The largest absolute Gasteiger partial charge is 0.350 e. The van der Waals surface area contributed by atoms with Crippen molar-refractivity contribution in [1.82, 2.24) is 10.6 Å². The van der Waals surface area contributed by atoms with Crippen molar-refractivity contribution in [3.8, 4) is 0 Å². The van der Waals surface area contributed by atoms with Crippen LogP contribution in [-0.4, -0.2) is 41.5 Å². The Bertz CT molecular complexity index is 1160. The first-order chi connectivity index (χ1) is 17.4. The lowest BCUT2D eigenvalue weighted by Gasteiger charge is -2.26. The molecular formula is C29H35ClN4O2. The lowest BCUT2D eigenvalue weighted by molar-refractivity contribution is -0.125. The number of allylic oxidation sites excluding steroid dienone is 1. The molecule has 2 aromatic rings. The number of nitrogens with one attached hydrogen (secondary N) is 3. The Morgan fingerprint density at radius 3 is 2.53 bits per heavy atom. The molecule has 1 heterocycles. The Kier molecular flexibility index (Phi) is 8.60. The van der Waals surface area contributed by atoms with E-state index in [1.54, 1.807) is 0 Å². The highest BCUT2D eigenvalue weighted by Crippen LogP contribution is 2.34. The fourth-order valence-corrected chi connectivity index (χ4v) is 5.24. The fraction of sp³-hybridized carbons (Fsp3) is 0.414. The zero-order valence-corrected chi connectivity index (χ0v) is 21.9. The molecule has 4 atom stereocenters. The Balaban J connectivity index is 1.45. The van der Waals surface area contributed by atoms with Crippen LogP contribution >= 0.6 is 11.6 Å². The molecule has 1 aliphatic heterocycles. The van der Waals surface area contributed by atoms with E-state index in [0.717, 1.165) is 35.4 Å². The number of fused-ring (bicyclic) bond motifs is 2. The molecule has 0 spiro atoms. The predicted octanol–water partition coefficient (Wildman–Crippen LogP) is 5.25. The molecular weight excluding hydrogens is 472 g/mol. The zero-order valence-electron chi connectivity index (χ0n) is 21.1. The van der Waals surface area contributed by atoms with Crippen molar-refractivity contribution in [2.24, 2.45) is 10.9 Å². The summed E-state index contributed by atoms with van der Waals surface area (Å²) in [6, 6.07) is 15.3. The second kappa shape index (κ2) is 11.8. The standard InChI is InChI=1S/C29H35ClN4O2/c1-4-19(5-2)28(35)33-20-14-15-26(24(30)16-20)32-18(3)17-31-27-21-10-6-7-11-22(21)29(36)34-25-13-9-8-12-23(25)27/h6-15,18-20,24,27,31H,4-5,16-17H2,1-3H3,(H,33,35)(H,34,36). The second-order valence-corrected chi connectivity index (χ2v) is 10.1. The number of benzene rings is 2. The number of alkyl halides is 1. The Hall–Kier alpha value is -2.96. The molecule has 2 amide bonds. The number of rotatable bonds is 8. The Morgan fingerprint density at radius 2 is 1.81 bits per heavy atom. The normalized spacial score (nSPS) is 23.0. The summed E-state index contributed by atoms with van der Waals surface area (Å²) in [6.45, 7) is 6.74. The van der Waals surface area contributed by atoms with Crippen molar-refractivity contribution < 1.29 is 9.59 Å². The number of hydrogen-bond acceptors (Lipinski definition) is 4. The number of halogens is 1. The highest BCUT2D eigenvalue weighted by Gasteiger charge is 2.28. The average molecular weight is 507 g/mol. The topological polar surface area (TPSA) is 82.6 Å². The van der Waals surface area contributed by atoms with Gasteiger partial charge in [-0.1, -0.05) is 56.3 Å². The maximum atomic E-state index is 12.8. The van der Waals surface area contributed by atoms with Crippen LogP contribution in [0.5, 0.6) is 0 Å². The van der Waals surface area contributed by atoms with Gasteiger partial charge in [-0.2, -0.15) is 0 Å². The Labute approximate surface area is 218 Å². The number of anilines is 1. The lowest BCUT2D eigenvalue weighted by atomic mass is 9.94. The molecule has 190 valence electrons. The summed E-state index contributed by atoms with van der Waals surface area (Å²) in [6.07, 6.45) is 6.22. The van der Waals surface area contributed by atoms with Crippen molar-refractivity contribution in [1.29, 1.82) is 0 Å². The first kappa shape index (κ1) is 26.1. The molecule has 2 aliphatic rings. The molecule has 4 unspecified atom stereocenters. The minimum atomic E-state index is -0.259. The molecule has 1 aliphatic carbocycles. The van der Waals surface area contributed by atoms with Gasteiger partial charge in [-0.15, -0.1) is 11.6 Å². The van der Waals surface area contributed by atoms with Gasteiger partial charge in [-0.3, -0.25) is 14.6 Å². The number of amides is 2. The van der Waals surface area contributed by atoms with Crippen LogP contribution in [0.15, 0.2) is 65.7 Å². The Morgan fingerprint density at radius 1 is 1.11 bits per heavy atom. The monoisotopic (exact) mass is 506 g/mol. The third-order valence-corrected chi connectivity index (χ3v) is 7.39. The van der Waals surface area contributed by atoms with Gasteiger partial charge < -0.3 is 16.0 Å². The summed E-state index contributed by atoms with van der Waals surface area (Å²) < 4.78 is 0. The predicted molar refractivity (Wildman–Crippen MR) is 147 cm³/mol. The van der Waals surface area contributed by atoms with Crippen LogP contribution < -0.4 is 16.0 Å². The molecule has 0 radical (unpaired) electrons. The molecule has 0 saturated heterocycles. The van der Waals surface area contributed by atoms with Gasteiger partial charge in [0.1, 0.15) is 0 Å². The second-order valence-electron chi connectivity index (χ2n) is 9.56. The van der Waals surface area contributed by atoms with Crippen molar-refractivity contribution in [3.63, 3.8) is 0 Å². The van der Waals surface area contributed by atoms with E-state index in [-0.39, 0.29) is 41.2 Å². The van der Waals surface area contributed by atoms with Gasteiger partial charge in [0.2, 0.25) is 5.91 Å². The number of aliphatic imine (C=N–C) groups is 1. The van der Waals surface area contributed by atoms with Crippen LogP contribution in [-0.2, 0) is 4.79 Å². The van der Waals surface area contributed by atoms with E-state index >= 15 is 0 Å². The van der Waals surface area contributed by atoms with Gasteiger partial charge in [-0.05, 0) is 55.5 Å². The summed E-state index contributed by atoms with van der Waals surface area (Å²) >= 11 is 6.67. The number of carbonyl (C=O) groups is 2. The molecule has 36 heavy (non-hydrogen) atoms. The van der Waals surface area contributed by atoms with Crippen LogP contribution in [0.2, 0.25) is 0 Å². The van der Waals surface area contributed by atoms with Gasteiger partial charge in [0.25, 0.3) is 5.91 Å². The van der Waals surface area contributed by atoms with E-state index in [1.165, 1.54) is 0 Å². The van der Waals surface area contributed by atoms with E-state index in [9.17, 15) is 9.59 Å². The van der Waals surface area contributed by atoms with Crippen LogP contribution in [0.1, 0.15) is 67.6 Å². The highest BCUT2D eigenvalue weighted by atomic mass is 35.5. The molecule has 7 heteroatoms. The molecule has 3 N–H and O–H groups in total. The first-order valence-corrected chi connectivity index (χ1v) is 13.3. The summed E-state index contributed by atoms with van der Waals surface area (Å²) in [4.78, 5) is 30.1. The highest BCUT2D eigenvalue weighted by molar-refractivity contribution is 6.34.